The quantitative estimate of drug-likeness (QED) is 0.0364. The van der Waals surface area contributed by atoms with E-state index in [-0.39, 0.29) is 6.61 Å². The van der Waals surface area contributed by atoms with Crippen LogP contribution in [0.4, 0.5) is 0 Å². The second kappa shape index (κ2) is 48.5. The van der Waals surface area contributed by atoms with Crippen molar-refractivity contribution in [2.75, 3.05) is 6.61 Å². The van der Waals surface area contributed by atoms with Gasteiger partial charge in [-0.05, 0) is 44.9 Å². The van der Waals surface area contributed by atoms with Crippen molar-refractivity contribution in [3.63, 3.8) is 0 Å². The van der Waals surface area contributed by atoms with E-state index in [0.29, 0.717) is 12.8 Å². The van der Waals surface area contributed by atoms with Crippen molar-refractivity contribution >= 4 is 5.91 Å². The SMILES string of the molecule is CCCCCCCCCCC/C=C\C/C=C\CCCCCCCCCCCCCCCCCCC(O)C(=O)NC(CO)C(O)CCCCCCCCCCCCCC. The number of aliphatic hydroxyl groups excluding tert-OH is 3. The largest absolute Gasteiger partial charge is 0.394 e. The van der Waals surface area contributed by atoms with Crippen LogP contribution in [0, 0.1) is 0 Å². The van der Waals surface area contributed by atoms with E-state index >= 15 is 0 Å². The normalized spacial score (nSPS) is 13.5. The average molecular weight is 818 g/mol. The van der Waals surface area contributed by atoms with Gasteiger partial charge < -0.3 is 20.6 Å². The summed E-state index contributed by atoms with van der Waals surface area (Å²) in [5, 5.41) is 33.4. The lowest BCUT2D eigenvalue weighted by atomic mass is 10.0. The fourth-order valence-corrected chi connectivity index (χ4v) is 8.22. The highest BCUT2D eigenvalue weighted by Crippen LogP contribution is 2.17. The Morgan fingerprint density at radius 2 is 0.707 bits per heavy atom. The minimum Gasteiger partial charge on any atom is -0.394 e. The molecule has 0 spiro atoms. The zero-order valence-corrected chi connectivity index (χ0v) is 39.2. The van der Waals surface area contributed by atoms with Crippen molar-refractivity contribution in [2.45, 2.75) is 302 Å². The monoisotopic (exact) mass is 818 g/mol. The maximum atomic E-state index is 12.5. The summed E-state index contributed by atoms with van der Waals surface area (Å²) < 4.78 is 0. The number of rotatable bonds is 48. The van der Waals surface area contributed by atoms with Gasteiger partial charge in [0.25, 0.3) is 0 Å². The van der Waals surface area contributed by atoms with Gasteiger partial charge in [-0.1, -0.05) is 263 Å². The fraction of sp³-hybridized carbons (Fsp3) is 0.906. The van der Waals surface area contributed by atoms with Crippen LogP contribution in [0.25, 0.3) is 0 Å². The molecule has 0 saturated heterocycles. The van der Waals surface area contributed by atoms with Crippen molar-refractivity contribution < 1.29 is 20.1 Å². The van der Waals surface area contributed by atoms with Crippen LogP contribution < -0.4 is 5.32 Å². The molecule has 0 aliphatic carbocycles. The first-order valence-corrected chi connectivity index (χ1v) is 26.1. The van der Waals surface area contributed by atoms with Gasteiger partial charge in [-0.3, -0.25) is 4.79 Å². The van der Waals surface area contributed by atoms with E-state index in [1.165, 1.54) is 218 Å². The van der Waals surface area contributed by atoms with Crippen LogP contribution in [0.2, 0.25) is 0 Å². The van der Waals surface area contributed by atoms with Crippen LogP contribution in [0.3, 0.4) is 0 Å². The second-order valence-electron chi connectivity index (χ2n) is 18.1. The third-order valence-corrected chi connectivity index (χ3v) is 12.3. The molecule has 5 nitrogen and oxygen atoms in total. The van der Waals surface area contributed by atoms with Crippen molar-refractivity contribution in [1.29, 1.82) is 0 Å². The maximum absolute atomic E-state index is 12.5. The smallest absolute Gasteiger partial charge is 0.249 e. The van der Waals surface area contributed by atoms with Crippen LogP contribution >= 0.6 is 0 Å². The molecule has 3 atom stereocenters. The molecule has 4 N–H and O–H groups in total. The van der Waals surface area contributed by atoms with Crippen LogP contribution in [0.1, 0.15) is 284 Å². The summed E-state index contributed by atoms with van der Waals surface area (Å²) in [5.41, 5.74) is 0. The van der Waals surface area contributed by atoms with Crippen LogP contribution in [-0.4, -0.2) is 46.1 Å². The van der Waals surface area contributed by atoms with Gasteiger partial charge in [0.1, 0.15) is 6.10 Å². The maximum Gasteiger partial charge on any atom is 0.249 e. The number of allylic oxidation sites excluding steroid dienone is 4. The van der Waals surface area contributed by atoms with Crippen LogP contribution in [0.15, 0.2) is 24.3 Å². The zero-order chi connectivity index (χ0) is 42.3. The van der Waals surface area contributed by atoms with Gasteiger partial charge in [-0.2, -0.15) is 0 Å². The molecule has 58 heavy (non-hydrogen) atoms. The number of hydrogen-bond acceptors (Lipinski definition) is 4. The number of carbonyl (C=O) groups excluding carboxylic acids is 1. The Balaban J connectivity index is 3.49. The number of unbranched alkanes of at least 4 members (excludes halogenated alkanes) is 36. The molecule has 0 fully saturated rings. The highest BCUT2D eigenvalue weighted by molar-refractivity contribution is 5.80. The predicted octanol–water partition coefficient (Wildman–Crippen LogP) is 15.7. The number of amides is 1. The fourth-order valence-electron chi connectivity index (χ4n) is 8.22. The molecule has 0 saturated carbocycles. The Hall–Kier alpha value is -1.17. The van der Waals surface area contributed by atoms with Gasteiger partial charge >= 0.3 is 0 Å². The highest BCUT2D eigenvalue weighted by Gasteiger charge is 2.23. The summed E-state index contributed by atoms with van der Waals surface area (Å²) in [7, 11) is 0. The molecule has 3 unspecified atom stereocenters. The molecule has 0 bridgehead atoms. The predicted molar refractivity (Wildman–Crippen MR) is 255 cm³/mol. The Morgan fingerprint density at radius 1 is 0.414 bits per heavy atom. The Labute approximate surface area is 362 Å². The first-order chi connectivity index (χ1) is 28.6. The van der Waals surface area contributed by atoms with E-state index in [0.717, 1.165) is 38.5 Å². The molecule has 0 radical (unpaired) electrons. The van der Waals surface area contributed by atoms with Gasteiger partial charge in [-0.15, -0.1) is 0 Å². The van der Waals surface area contributed by atoms with Crippen LogP contribution in [0.5, 0.6) is 0 Å². The molecule has 344 valence electrons. The lowest BCUT2D eigenvalue weighted by Crippen LogP contribution is -2.49. The Morgan fingerprint density at radius 3 is 1.03 bits per heavy atom. The van der Waals surface area contributed by atoms with Crippen LogP contribution in [-0.2, 0) is 4.79 Å². The Bertz CT molecular complexity index is 859. The molecular weight excluding hydrogens is 715 g/mol. The topological polar surface area (TPSA) is 89.8 Å². The summed E-state index contributed by atoms with van der Waals surface area (Å²) in [5.74, 6) is -0.468. The Kier molecular flexibility index (Phi) is 47.5. The number of aliphatic hydroxyl groups is 3. The molecule has 5 heteroatoms. The van der Waals surface area contributed by atoms with E-state index in [2.05, 4.69) is 43.5 Å². The van der Waals surface area contributed by atoms with Gasteiger partial charge in [0.2, 0.25) is 5.91 Å². The summed E-state index contributed by atoms with van der Waals surface area (Å²) in [6.07, 6.45) is 60.7. The lowest BCUT2D eigenvalue weighted by Gasteiger charge is -2.23. The first-order valence-electron chi connectivity index (χ1n) is 26.1. The van der Waals surface area contributed by atoms with Crippen molar-refractivity contribution in [3.8, 4) is 0 Å². The second-order valence-corrected chi connectivity index (χ2v) is 18.1. The highest BCUT2D eigenvalue weighted by atomic mass is 16.3. The molecule has 0 aromatic carbocycles. The third kappa shape index (κ3) is 42.9. The lowest BCUT2D eigenvalue weighted by molar-refractivity contribution is -0.131. The van der Waals surface area contributed by atoms with Gasteiger partial charge in [0, 0.05) is 0 Å². The molecule has 1 amide bonds. The number of carbonyl (C=O) groups is 1. The minimum absolute atomic E-state index is 0.311. The van der Waals surface area contributed by atoms with Crippen molar-refractivity contribution in [1.82, 2.24) is 5.32 Å². The molecule has 0 rings (SSSR count). The first kappa shape index (κ1) is 56.8. The number of nitrogens with one attached hydrogen (secondary N) is 1. The molecule has 0 aromatic heterocycles. The van der Waals surface area contributed by atoms with Gasteiger partial charge in [0.05, 0.1) is 18.8 Å². The molecular formula is C53H103NO4. The average Bonchev–Trinajstić information content (AvgIpc) is 3.23. The number of hydrogen-bond donors (Lipinski definition) is 4. The van der Waals surface area contributed by atoms with E-state index in [9.17, 15) is 20.1 Å². The standard InChI is InChI=1S/C53H103NO4/c1-3-5-7-9-11-13-15-17-18-19-20-21-22-23-24-25-26-27-28-29-30-31-32-33-34-35-36-38-40-42-44-46-48-52(57)53(58)54-50(49-55)51(56)47-45-43-41-39-37-16-14-12-10-8-6-4-2/h20-21,23-24,50-52,55-57H,3-19,22,25-49H2,1-2H3,(H,54,58)/b21-20-,24-23-. The molecule has 0 aliphatic heterocycles. The summed E-state index contributed by atoms with van der Waals surface area (Å²) in [6, 6.07) is -0.709. The molecule has 0 heterocycles. The van der Waals surface area contributed by atoms with E-state index < -0.39 is 24.2 Å². The van der Waals surface area contributed by atoms with Gasteiger partial charge in [0.15, 0.2) is 0 Å². The zero-order valence-electron chi connectivity index (χ0n) is 39.2. The third-order valence-electron chi connectivity index (χ3n) is 12.3. The van der Waals surface area contributed by atoms with E-state index in [4.69, 9.17) is 0 Å². The summed E-state index contributed by atoms with van der Waals surface area (Å²) in [4.78, 5) is 12.5. The minimum atomic E-state index is -1.07. The van der Waals surface area contributed by atoms with Gasteiger partial charge in [-0.25, -0.2) is 0 Å². The molecule has 0 aromatic rings. The van der Waals surface area contributed by atoms with Crippen molar-refractivity contribution in [3.05, 3.63) is 24.3 Å². The molecule has 0 aliphatic rings. The van der Waals surface area contributed by atoms with E-state index in [1.807, 2.05) is 0 Å². The summed E-state index contributed by atoms with van der Waals surface area (Å²) in [6.45, 7) is 4.24. The van der Waals surface area contributed by atoms with E-state index in [1.54, 1.807) is 0 Å². The van der Waals surface area contributed by atoms with Crippen molar-refractivity contribution in [2.24, 2.45) is 0 Å². The summed E-state index contributed by atoms with van der Waals surface area (Å²) >= 11 is 0.